The van der Waals surface area contributed by atoms with Crippen molar-refractivity contribution in [1.29, 1.82) is 0 Å². The maximum Gasteiger partial charge on any atom is 0.0789 e. The largest absolute Gasteiger partial charge is 0.390 e. The molecule has 0 bridgehead atoms. The van der Waals surface area contributed by atoms with Crippen LogP contribution in [0.2, 0.25) is 0 Å². The van der Waals surface area contributed by atoms with Crippen molar-refractivity contribution in [3.8, 4) is 0 Å². The number of hydrogen-bond donors (Lipinski definition) is 5. The molecule has 0 amide bonds. The Morgan fingerprint density at radius 1 is 0.875 bits per heavy atom. The van der Waals surface area contributed by atoms with Gasteiger partial charge in [-0.1, -0.05) is 0 Å². The van der Waals surface area contributed by atoms with Gasteiger partial charge in [-0.15, -0.1) is 0 Å². The van der Waals surface area contributed by atoms with E-state index < -0.39 is 12.2 Å². The summed E-state index contributed by atoms with van der Waals surface area (Å²) in [6, 6.07) is 0. The van der Waals surface area contributed by atoms with Crippen LogP contribution in [0.3, 0.4) is 0 Å². The molecule has 2 unspecified atom stereocenters. The number of rotatable bonds is 10. The van der Waals surface area contributed by atoms with Crippen LogP contribution in [-0.2, 0) is 0 Å². The molecule has 0 aliphatic carbocycles. The molecule has 0 saturated carbocycles. The van der Waals surface area contributed by atoms with E-state index in [1.807, 2.05) is 4.90 Å². The van der Waals surface area contributed by atoms with E-state index in [4.69, 9.17) is 17.2 Å². The number of nitrogens with zero attached hydrogens (tertiary/aromatic N) is 1. The van der Waals surface area contributed by atoms with Crippen LogP contribution in [0.15, 0.2) is 0 Å². The van der Waals surface area contributed by atoms with Gasteiger partial charge < -0.3 is 27.4 Å². The second kappa shape index (κ2) is 9.95. The predicted molar refractivity (Wildman–Crippen MR) is 64.9 cm³/mol. The van der Waals surface area contributed by atoms with Crippen molar-refractivity contribution < 1.29 is 10.2 Å². The number of aliphatic hydroxyl groups is 2. The van der Waals surface area contributed by atoms with E-state index in [0.29, 0.717) is 19.6 Å². The van der Waals surface area contributed by atoms with Crippen molar-refractivity contribution in [2.45, 2.75) is 25.0 Å². The molecule has 6 heteroatoms. The molecule has 8 N–H and O–H groups in total. The first-order valence-electron chi connectivity index (χ1n) is 5.82. The zero-order valence-corrected chi connectivity index (χ0v) is 9.89. The summed E-state index contributed by atoms with van der Waals surface area (Å²) in [5.74, 6) is 0. The summed E-state index contributed by atoms with van der Waals surface area (Å²) in [5, 5.41) is 18.9. The lowest BCUT2D eigenvalue weighted by Crippen LogP contribution is -2.42. The Morgan fingerprint density at radius 2 is 1.38 bits per heavy atom. The van der Waals surface area contributed by atoms with E-state index >= 15 is 0 Å². The highest BCUT2D eigenvalue weighted by Gasteiger charge is 2.13. The Labute approximate surface area is 97.4 Å². The Hall–Kier alpha value is -0.240. The molecule has 0 radical (unpaired) electrons. The molecule has 2 atom stereocenters. The summed E-state index contributed by atoms with van der Waals surface area (Å²) >= 11 is 0. The summed E-state index contributed by atoms with van der Waals surface area (Å²) in [6.45, 7) is 2.85. The predicted octanol–water partition coefficient (Wildman–Crippen LogP) is -2.33. The number of aliphatic hydroxyl groups excluding tert-OH is 2. The molecule has 0 aromatic carbocycles. The lowest BCUT2D eigenvalue weighted by atomic mass is 10.2. The average molecular weight is 234 g/mol. The molecule has 6 nitrogen and oxygen atoms in total. The second-order valence-corrected chi connectivity index (χ2v) is 4.03. The third kappa shape index (κ3) is 7.98. The third-order valence-corrected chi connectivity index (χ3v) is 2.41. The summed E-state index contributed by atoms with van der Waals surface area (Å²) in [4.78, 5) is 1.98. The number of hydrogen-bond acceptors (Lipinski definition) is 6. The Morgan fingerprint density at radius 3 is 1.75 bits per heavy atom. The van der Waals surface area contributed by atoms with Crippen molar-refractivity contribution in [3.63, 3.8) is 0 Å². The molecule has 0 heterocycles. The highest BCUT2D eigenvalue weighted by atomic mass is 16.3. The fourth-order valence-electron chi connectivity index (χ4n) is 1.48. The van der Waals surface area contributed by atoms with Crippen LogP contribution in [0.25, 0.3) is 0 Å². The van der Waals surface area contributed by atoms with Crippen LogP contribution in [0.4, 0.5) is 0 Å². The molecule has 0 saturated heterocycles. The molecule has 98 valence electrons. The molecule has 0 aromatic heterocycles. The molecule has 0 fully saturated rings. The van der Waals surface area contributed by atoms with E-state index in [-0.39, 0.29) is 13.1 Å². The van der Waals surface area contributed by atoms with Crippen LogP contribution >= 0.6 is 0 Å². The van der Waals surface area contributed by atoms with Gasteiger partial charge in [-0.05, 0) is 25.9 Å². The van der Waals surface area contributed by atoms with Crippen LogP contribution < -0.4 is 17.2 Å². The Balaban J connectivity index is 3.94. The minimum atomic E-state index is -0.553. The topological polar surface area (TPSA) is 122 Å². The van der Waals surface area contributed by atoms with Crippen molar-refractivity contribution in [3.05, 3.63) is 0 Å². The standard InChI is InChI=1S/C10H26N4O2/c11-3-1-2-4-14(7-9(15)5-12)8-10(16)6-13/h9-10,15-16H,1-8,11-13H2. The minimum absolute atomic E-state index is 0.228. The molecule has 0 aromatic rings. The number of unbranched alkanes of at least 4 members (excludes halogenated alkanes) is 1. The molecular weight excluding hydrogens is 208 g/mol. The van der Waals surface area contributed by atoms with Gasteiger partial charge in [0.15, 0.2) is 0 Å². The minimum Gasteiger partial charge on any atom is -0.390 e. The fraction of sp³-hybridized carbons (Fsp3) is 1.00. The van der Waals surface area contributed by atoms with Gasteiger partial charge in [0.05, 0.1) is 12.2 Å². The first kappa shape index (κ1) is 15.8. The highest BCUT2D eigenvalue weighted by molar-refractivity contribution is 4.69. The first-order valence-corrected chi connectivity index (χ1v) is 5.82. The molecule has 0 spiro atoms. The van der Waals surface area contributed by atoms with Crippen molar-refractivity contribution in [1.82, 2.24) is 4.90 Å². The summed E-state index contributed by atoms with van der Waals surface area (Å²) in [7, 11) is 0. The molecule has 0 rings (SSSR count). The van der Waals surface area contributed by atoms with Gasteiger partial charge in [-0.2, -0.15) is 0 Å². The quantitative estimate of drug-likeness (QED) is 0.270. The zero-order chi connectivity index (χ0) is 12.4. The second-order valence-electron chi connectivity index (χ2n) is 4.03. The van der Waals surface area contributed by atoms with Gasteiger partial charge in [-0.3, -0.25) is 4.90 Å². The number of nitrogens with two attached hydrogens (primary N) is 3. The Kier molecular flexibility index (Phi) is 9.80. The van der Waals surface area contributed by atoms with Crippen LogP contribution in [-0.4, -0.2) is 66.6 Å². The zero-order valence-electron chi connectivity index (χ0n) is 9.89. The van der Waals surface area contributed by atoms with Gasteiger partial charge in [-0.25, -0.2) is 0 Å². The van der Waals surface area contributed by atoms with Crippen molar-refractivity contribution in [2.75, 3.05) is 39.3 Å². The SMILES string of the molecule is NCCCCN(CC(O)CN)CC(O)CN. The average Bonchev–Trinajstić information content (AvgIpc) is 2.28. The smallest absolute Gasteiger partial charge is 0.0789 e. The van der Waals surface area contributed by atoms with Gasteiger partial charge in [0, 0.05) is 26.2 Å². The molecule has 16 heavy (non-hydrogen) atoms. The molecule has 0 aliphatic rings. The fourth-order valence-corrected chi connectivity index (χ4v) is 1.48. The van der Waals surface area contributed by atoms with E-state index in [1.165, 1.54) is 0 Å². The summed E-state index contributed by atoms with van der Waals surface area (Å²) in [6.07, 6.45) is 0.782. The lowest BCUT2D eigenvalue weighted by molar-refractivity contribution is 0.0748. The van der Waals surface area contributed by atoms with Crippen LogP contribution in [0.1, 0.15) is 12.8 Å². The van der Waals surface area contributed by atoms with E-state index in [1.54, 1.807) is 0 Å². The van der Waals surface area contributed by atoms with Gasteiger partial charge in [0.25, 0.3) is 0 Å². The molecular formula is C10H26N4O2. The van der Waals surface area contributed by atoms with E-state index in [9.17, 15) is 10.2 Å². The monoisotopic (exact) mass is 234 g/mol. The maximum absolute atomic E-state index is 9.47. The molecule has 0 aliphatic heterocycles. The van der Waals surface area contributed by atoms with E-state index in [0.717, 1.165) is 19.4 Å². The van der Waals surface area contributed by atoms with Gasteiger partial charge >= 0.3 is 0 Å². The normalized spacial score (nSPS) is 15.4. The van der Waals surface area contributed by atoms with Crippen molar-refractivity contribution >= 4 is 0 Å². The van der Waals surface area contributed by atoms with E-state index in [2.05, 4.69) is 0 Å². The van der Waals surface area contributed by atoms with Crippen molar-refractivity contribution in [2.24, 2.45) is 17.2 Å². The van der Waals surface area contributed by atoms with Crippen LogP contribution in [0.5, 0.6) is 0 Å². The Bertz CT molecular complexity index is 148. The van der Waals surface area contributed by atoms with Gasteiger partial charge in [0.2, 0.25) is 0 Å². The maximum atomic E-state index is 9.47. The van der Waals surface area contributed by atoms with Gasteiger partial charge in [0.1, 0.15) is 0 Å². The third-order valence-electron chi connectivity index (χ3n) is 2.41. The lowest BCUT2D eigenvalue weighted by Gasteiger charge is -2.26. The van der Waals surface area contributed by atoms with Crippen LogP contribution in [0, 0.1) is 0 Å². The highest BCUT2D eigenvalue weighted by Crippen LogP contribution is 1.99. The summed E-state index contributed by atoms with van der Waals surface area (Å²) < 4.78 is 0. The first-order chi connectivity index (χ1) is 7.63. The summed E-state index contributed by atoms with van der Waals surface area (Å²) in [5.41, 5.74) is 16.1.